The summed E-state index contributed by atoms with van der Waals surface area (Å²) in [6.45, 7) is 3.40. The predicted octanol–water partition coefficient (Wildman–Crippen LogP) is 3.48. The fourth-order valence-electron chi connectivity index (χ4n) is 6.68. The quantitative estimate of drug-likeness (QED) is 0.530. The van der Waals surface area contributed by atoms with Gasteiger partial charge in [0.25, 0.3) is 0 Å². The molecule has 0 saturated carbocycles. The average Bonchev–Trinajstić information content (AvgIpc) is 3.66. The Kier molecular flexibility index (Phi) is 7.94. The van der Waals surface area contributed by atoms with Gasteiger partial charge < -0.3 is 20.4 Å². The highest BCUT2D eigenvalue weighted by atomic mass is 19.4. The molecule has 5 atom stereocenters. The van der Waals surface area contributed by atoms with Crippen LogP contribution in [0.15, 0.2) is 54.6 Å². The number of carbonyl (C=O) groups excluding carboxylic acids is 4. The lowest BCUT2D eigenvalue weighted by Gasteiger charge is -2.35. The van der Waals surface area contributed by atoms with Crippen molar-refractivity contribution >= 4 is 29.3 Å². The smallest absolute Gasteiger partial charge is 0.336 e. The Balaban J connectivity index is 1.51. The monoisotopic (exact) mass is 595 g/mol. The molecule has 3 aliphatic rings. The Bertz CT molecular complexity index is 1470. The summed E-state index contributed by atoms with van der Waals surface area (Å²) in [4.78, 5) is 56.1. The molecule has 9 nitrogen and oxygen atoms in total. The number of rotatable bonds is 6. The zero-order chi connectivity index (χ0) is 31.1. The van der Waals surface area contributed by atoms with Gasteiger partial charge in [0.2, 0.25) is 17.7 Å². The Morgan fingerprint density at radius 1 is 1.09 bits per heavy atom. The van der Waals surface area contributed by atoms with Gasteiger partial charge in [-0.05, 0) is 36.0 Å². The highest BCUT2D eigenvalue weighted by Gasteiger charge is 2.58. The number of anilines is 1. The maximum absolute atomic E-state index is 14.5. The molecule has 226 valence electrons. The lowest BCUT2D eigenvalue weighted by atomic mass is 9.80. The fourth-order valence-corrected chi connectivity index (χ4v) is 6.68. The maximum Gasteiger partial charge on any atom is 0.471 e. The molecule has 0 aliphatic carbocycles. The van der Waals surface area contributed by atoms with E-state index >= 15 is 0 Å². The number of halogens is 3. The second-order valence-corrected chi connectivity index (χ2v) is 11.8. The van der Waals surface area contributed by atoms with Crippen molar-refractivity contribution in [2.45, 2.75) is 68.7 Å². The Morgan fingerprint density at radius 2 is 1.77 bits per heavy atom. The molecular weight excluding hydrogens is 563 g/mol. The van der Waals surface area contributed by atoms with E-state index < -0.39 is 53.4 Å². The summed E-state index contributed by atoms with van der Waals surface area (Å²) in [6, 6.07) is 14.6. The number of nitrogens with zero attached hydrogens (tertiary/aromatic N) is 3. The van der Waals surface area contributed by atoms with Crippen LogP contribution in [0, 0.1) is 17.2 Å². The van der Waals surface area contributed by atoms with Crippen LogP contribution in [0.5, 0.6) is 0 Å². The van der Waals surface area contributed by atoms with Crippen LogP contribution >= 0.6 is 0 Å². The van der Waals surface area contributed by atoms with Crippen LogP contribution in [0.4, 0.5) is 18.9 Å². The minimum atomic E-state index is -5.19. The van der Waals surface area contributed by atoms with E-state index in [0.717, 1.165) is 5.56 Å². The van der Waals surface area contributed by atoms with Crippen molar-refractivity contribution in [2.24, 2.45) is 5.92 Å². The van der Waals surface area contributed by atoms with Crippen molar-refractivity contribution in [1.29, 1.82) is 5.26 Å². The van der Waals surface area contributed by atoms with Crippen LogP contribution in [-0.2, 0) is 24.6 Å². The van der Waals surface area contributed by atoms with Gasteiger partial charge in [-0.3, -0.25) is 19.2 Å². The minimum absolute atomic E-state index is 0.0603. The number of fused-ring (bicyclic) bond motifs is 2. The van der Waals surface area contributed by atoms with Gasteiger partial charge in [0.1, 0.15) is 18.1 Å². The van der Waals surface area contributed by atoms with E-state index in [1.165, 1.54) is 9.80 Å². The Hall–Kier alpha value is -4.40. The number of nitrogens with one attached hydrogen (secondary N) is 2. The van der Waals surface area contributed by atoms with Gasteiger partial charge in [-0.15, -0.1) is 0 Å². The molecule has 0 radical (unpaired) electrons. The maximum atomic E-state index is 14.5. The van der Waals surface area contributed by atoms with Crippen molar-refractivity contribution in [3.63, 3.8) is 0 Å². The number of amides is 4. The number of benzene rings is 2. The number of alkyl halides is 3. The number of hydrogen-bond acceptors (Lipinski definition) is 5. The molecule has 1 spiro atoms. The van der Waals surface area contributed by atoms with E-state index in [4.69, 9.17) is 0 Å². The molecule has 3 aliphatic heterocycles. The molecule has 2 N–H and O–H groups in total. The van der Waals surface area contributed by atoms with Crippen molar-refractivity contribution in [1.82, 2.24) is 15.1 Å². The van der Waals surface area contributed by atoms with E-state index in [0.29, 0.717) is 17.7 Å². The van der Waals surface area contributed by atoms with Gasteiger partial charge in [0.05, 0.1) is 11.5 Å². The molecule has 43 heavy (non-hydrogen) atoms. The third kappa shape index (κ3) is 5.44. The highest BCUT2D eigenvalue weighted by molar-refractivity contribution is 6.07. The summed E-state index contributed by atoms with van der Waals surface area (Å²) in [6.07, 6.45) is -4.86. The van der Waals surface area contributed by atoms with E-state index in [-0.39, 0.29) is 37.8 Å². The zero-order valence-electron chi connectivity index (χ0n) is 23.7. The van der Waals surface area contributed by atoms with Crippen LogP contribution in [0.25, 0.3) is 0 Å². The molecule has 2 saturated heterocycles. The minimum Gasteiger partial charge on any atom is -0.336 e. The molecule has 0 bridgehead atoms. The van der Waals surface area contributed by atoms with Crippen molar-refractivity contribution < 1.29 is 32.3 Å². The molecule has 3 heterocycles. The molecule has 5 rings (SSSR count). The fraction of sp³-hybridized carbons (Fsp3) is 0.452. The first-order valence-electron chi connectivity index (χ1n) is 14.2. The van der Waals surface area contributed by atoms with Crippen molar-refractivity contribution in [3.05, 3.63) is 65.7 Å². The second kappa shape index (κ2) is 11.4. The van der Waals surface area contributed by atoms with Crippen LogP contribution in [0.1, 0.15) is 50.2 Å². The third-order valence-corrected chi connectivity index (χ3v) is 8.65. The lowest BCUT2D eigenvalue weighted by molar-refractivity contribution is -0.175. The molecule has 12 heteroatoms. The van der Waals surface area contributed by atoms with Gasteiger partial charge in [-0.25, -0.2) is 0 Å². The first-order chi connectivity index (χ1) is 20.4. The molecule has 2 aromatic carbocycles. The topological polar surface area (TPSA) is 123 Å². The van der Waals surface area contributed by atoms with Crippen LogP contribution in [-0.4, -0.2) is 70.8 Å². The van der Waals surface area contributed by atoms with Gasteiger partial charge in [0.15, 0.2) is 0 Å². The summed E-state index contributed by atoms with van der Waals surface area (Å²) >= 11 is 0. The number of carbonyl (C=O) groups is 4. The van der Waals surface area contributed by atoms with Crippen LogP contribution in [0.3, 0.4) is 0 Å². The van der Waals surface area contributed by atoms with Gasteiger partial charge in [-0.1, -0.05) is 62.4 Å². The molecule has 0 aromatic heterocycles. The standard InChI is InChI=1S/C31H32F3N5O4/c1-18(2)14-24(37-29(43)31(32,33)34)26(40)38-13-12-21(19-8-4-3-5-9-19)25(38)27(41)39-17-30(15-20(39)16-35)22-10-6-7-11-23(22)36-28(30)42/h3-11,18,20-21,24-25H,12-15,17H2,1-2H3,(H,36,42)(H,37,43)/t20-,21+,24-,25-,30-/m0/s1. The zero-order valence-corrected chi connectivity index (χ0v) is 23.7. The summed E-state index contributed by atoms with van der Waals surface area (Å²) in [5, 5.41) is 14.8. The molecule has 2 fully saturated rings. The van der Waals surface area contributed by atoms with Crippen LogP contribution < -0.4 is 10.6 Å². The lowest BCUT2D eigenvalue weighted by Crippen LogP contribution is -2.57. The SMILES string of the molecule is CC(C)C[C@H](NC(=O)C(F)(F)F)C(=O)N1CC[C@H](c2ccccc2)[C@H]1C(=O)N1C[C@]2(C[C@H]1C#N)C(=O)Nc1ccccc12. The number of nitriles is 1. The van der Waals surface area contributed by atoms with Gasteiger partial charge >= 0.3 is 12.1 Å². The van der Waals surface area contributed by atoms with E-state index in [1.807, 2.05) is 17.4 Å². The van der Waals surface area contributed by atoms with Gasteiger partial charge in [-0.2, -0.15) is 18.4 Å². The Labute approximate surface area is 247 Å². The highest BCUT2D eigenvalue weighted by Crippen LogP contribution is 2.47. The summed E-state index contributed by atoms with van der Waals surface area (Å²) in [5.41, 5.74) is 0.891. The molecule has 4 amide bonds. The average molecular weight is 596 g/mol. The molecule has 0 unspecified atom stereocenters. The molecule has 2 aromatic rings. The number of para-hydroxylation sites is 1. The third-order valence-electron chi connectivity index (χ3n) is 8.65. The number of hydrogen-bond donors (Lipinski definition) is 2. The van der Waals surface area contributed by atoms with Gasteiger partial charge in [0, 0.05) is 31.1 Å². The van der Waals surface area contributed by atoms with Crippen molar-refractivity contribution in [2.75, 3.05) is 18.4 Å². The second-order valence-electron chi connectivity index (χ2n) is 11.8. The largest absolute Gasteiger partial charge is 0.471 e. The summed E-state index contributed by atoms with van der Waals surface area (Å²) in [7, 11) is 0. The number of likely N-dealkylation sites (tertiary alicyclic amines) is 2. The first-order valence-corrected chi connectivity index (χ1v) is 14.2. The van der Waals surface area contributed by atoms with E-state index in [1.54, 1.807) is 56.3 Å². The van der Waals surface area contributed by atoms with E-state index in [2.05, 4.69) is 11.4 Å². The summed E-state index contributed by atoms with van der Waals surface area (Å²) < 4.78 is 39.6. The normalized spacial score (nSPS) is 25.4. The molecular formula is C31H32F3N5O4. The van der Waals surface area contributed by atoms with Crippen LogP contribution in [0.2, 0.25) is 0 Å². The summed E-state index contributed by atoms with van der Waals surface area (Å²) in [5.74, 6) is -4.68. The van der Waals surface area contributed by atoms with E-state index in [9.17, 15) is 37.6 Å². The first kappa shape index (κ1) is 30.1. The van der Waals surface area contributed by atoms with Crippen molar-refractivity contribution in [3.8, 4) is 6.07 Å². The Morgan fingerprint density at radius 3 is 2.42 bits per heavy atom. The predicted molar refractivity (Wildman–Crippen MR) is 149 cm³/mol.